The number of halogens is 1. The van der Waals surface area contributed by atoms with Gasteiger partial charge in [-0.15, -0.1) is 0 Å². The number of nitrogens with zero attached hydrogens (tertiary/aromatic N) is 4. The van der Waals surface area contributed by atoms with Crippen molar-refractivity contribution < 1.29 is 9.59 Å². The van der Waals surface area contributed by atoms with Crippen LogP contribution in [0.4, 0.5) is 10.6 Å². The quantitative estimate of drug-likeness (QED) is 0.393. The number of carbonyl (C=O) groups is 2. The summed E-state index contributed by atoms with van der Waals surface area (Å²) in [5.41, 5.74) is 0. The second-order valence-electron chi connectivity index (χ2n) is 7.06. The number of piperazine rings is 1. The van der Waals surface area contributed by atoms with E-state index in [9.17, 15) is 9.59 Å². The Kier molecular flexibility index (Phi) is 8.62. The molecule has 1 aliphatic rings. The second kappa shape index (κ2) is 10.7. The highest BCUT2D eigenvalue weighted by atomic mass is 35.5. The van der Waals surface area contributed by atoms with Crippen LogP contribution in [-0.2, 0) is 4.79 Å². The summed E-state index contributed by atoms with van der Waals surface area (Å²) in [6.45, 7) is 10.5. The number of aromatic nitrogens is 2. The molecule has 8 nitrogen and oxygen atoms in total. The van der Waals surface area contributed by atoms with Gasteiger partial charge in [-0.05, 0) is 27.2 Å². The Bertz CT molecular complexity index is 690. The molecule has 1 fully saturated rings. The molecule has 0 radical (unpaired) electrons. The van der Waals surface area contributed by atoms with E-state index in [1.807, 2.05) is 32.6 Å². The monoisotopic (exact) mass is 428 g/mol. The van der Waals surface area contributed by atoms with E-state index in [4.69, 9.17) is 11.6 Å². The van der Waals surface area contributed by atoms with Crippen LogP contribution in [0.3, 0.4) is 0 Å². The van der Waals surface area contributed by atoms with Gasteiger partial charge in [-0.25, -0.2) is 14.8 Å². The molecule has 3 amide bonds. The minimum Gasteiger partial charge on any atom is -0.353 e. The summed E-state index contributed by atoms with van der Waals surface area (Å²) in [7, 11) is 0. The van der Waals surface area contributed by atoms with Gasteiger partial charge < -0.3 is 20.4 Å². The smallest absolute Gasteiger partial charge is 0.317 e. The summed E-state index contributed by atoms with van der Waals surface area (Å²) in [6.07, 6.45) is 0.912. The van der Waals surface area contributed by atoms with E-state index >= 15 is 0 Å². The van der Waals surface area contributed by atoms with Crippen molar-refractivity contribution >= 4 is 41.1 Å². The van der Waals surface area contributed by atoms with Crippen LogP contribution >= 0.6 is 23.4 Å². The van der Waals surface area contributed by atoms with Crippen molar-refractivity contribution in [2.45, 2.75) is 51.4 Å². The zero-order valence-corrected chi connectivity index (χ0v) is 18.4. The summed E-state index contributed by atoms with van der Waals surface area (Å²) in [5.74, 6) is 0.886. The number of amides is 3. The Morgan fingerprint density at radius 2 is 2.11 bits per heavy atom. The average Bonchev–Trinajstić information content (AvgIpc) is 2.63. The Balaban J connectivity index is 1.99. The van der Waals surface area contributed by atoms with Gasteiger partial charge in [0.05, 0.1) is 5.75 Å². The first-order chi connectivity index (χ1) is 13.3. The Morgan fingerprint density at radius 1 is 1.36 bits per heavy atom. The van der Waals surface area contributed by atoms with E-state index < -0.39 is 0 Å². The highest BCUT2D eigenvalue weighted by Crippen LogP contribution is 2.24. The van der Waals surface area contributed by atoms with Crippen molar-refractivity contribution in [1.82, 2.24) is 25.5 Å². The molecule has 1 aromatic rings. The molecule has 0 aliphatic carbocycles. The molecule has 0 aromatic carbocycles. The summed E-state index contributed by atoms with van der Waals surface area (Å²) < 4.78 is 0. The maximum absolute atomic E-state index is 12.3. The van der Waals surface area contributed by atoms with Crippen molar-refractivity contribution in [3.05, 3.63) is 11.2 Å². The molecule has 1 atom stereocenters. The topological polar surface area (TPSA) is 90.5 Å². The number of hydrogen-bond acceptors (Lipinski definition) is 6. The fourth-order valence-electron chi connectivity index (χ4n) is 2.91. The van der Waals surface area contributed by atoms with E-state index in [1.165, 1.54) is 11.8 Å². The fraction of sp³-hybridized carbons (Fsp3) is 0.667. The molecule has 0 saturated carbocycles. The molecular weight excluding hydrogens is 400 g/mol. The summed E-state index contributed by atoms with van der Waals surface area (Å²) >= 11 is 7.43. The first kappa shape index (κ1) is 22.5. The molecule has 0 spiro atoms. The SMILES string of the molecule is CCCNC(=O)N1CCN(c2cc(Cl)nc(SCC(=O)NC(C)C)n2)CC1C. The van der Waals surface area contributed by atoms with Crippen LogP contribution in [-0.4, -0.2) is 70.8 Å². The summed E-state index contributed by atoms with van der Waals surface area (Å²) in [4.78, 5) is 36.8. The average molecular weight is 429 g/mol. The van der Waals surface area contributed by atoms with Crippen molar-refractivity contribution in [3.63, 3.8) is 0 Å². The highest BCUT2D eigenvalue weighted by molar-refractivity contribution is 7.99. The van der Waals surface area contributed by atoms with E-state index in [0.717, 1.165) is 6.42 Å². The van der Waals surface area contributed by atoms with E-state index in [2.05, 4.69) is 25.5 Å². The van der Waals surface area contributed by atoms with Crippen molar-refractivity contribution in [2.75, 3.05) is 36.8 Å². The van der Waals surface area contributed by atoms with Gasteiger partial charge in [0.2, 0.25) is 5.91 Å². The second-order valence-corrected chi connectivity index (χ2v) is 8.39. The zero-order valence-electron chi connectivity index (χ0n) is 16.9. The maximum atomic E-state index is 12.3. The normalized spacial score (nSPS) is 17.0. The maximum Gasteiger partial charge on any atom is 0.317 e. The molecule has 0 bridgehead atoms. The van der Waals surface area contributed by atoms with Crippen LogP contribution in [0.5, 0.6) is 0 Å². The van der Waals surface area contributed by atoms with Gasteiger partial charge >= 0.3 is 6.03 Å². The van der Waals surface area contributed by atoms with Gasteiger partial charge in [-0.1, -0.05) is 30.3 Å². The van der Waals surface area contributed by atoms with Crippen molar-refractivity contribution in [2.24, 2.45) is 0 Å². The number of thioether (sulfide) groups is 1. The van der Waals surface area contributed by atoms with Gasteiger partial charge in [0.25, 0.3) is 0 Å². The zero-order chi connectivity index (χ0) is 20.7. The van der Waals surface area contributed by atoms with E-state index in [0.29, 0.717) is 42.3 Å². The number of rotatable bonds is 7. The lowest BCUT2D eigenvalue weighted by atomic mass is 10.2. The molecule has 1 unspecified atom stereocenters. The molecule has 1 aromatic heterocycles. The van der Waals surface area contributed by atoms with Gasteiger partial charge in [0.1, 0.15) is 11.0 Å². The number of urea groups is 1. The van der Waals surface area contributed by atoms with Crippen molar-refractivity contribution in [3.8, 4) is 0 Å². The number of anilines is 1. The first-order valence-electron chi connectivity index (χ1n) is 9.56. The highest BCUT2D eigenvalue weighted by Gasteiger charge is 2.28. The van der Waals surface area contributed by atoms with Crippen molar-refractivity contribution in [1.29, 1.82) is 0 Å². The van der Waals surface area contributed by atoms with E-state index in [-0.39, 0.29) is 29.8 Å². The lowest BCUT2D eigenvalue weighted by Gasteiger charge is -2.40. The molecule has 2 rings (SSSR count). The van der Waals surface area contributed by atoms with Crippen LogP contribution < -0.4 is 15.5 Å². The third-order valence-electron chi connectivity index (χ3n) is 4.18. The lowest BCUT2D eigenvalue weighted by Crippen LogP contribution is -2.56. The van der Waals surface area contributed by atoms with Gasteiger partial charge in [-0.2, -0.15) is 0 Å². The number of hydrogen-bond donors (Lipinski definition) is 2. The largest absolute Gasteiger partial charge is 0.353 e. The Hall–Kier alpha value is -1.74. The van der Waals surface area contributed by atoms with Gasteiger partial charge in [0.15, 0.2) is 5.16 Å². The summed E-state index contributed by atoms with van der Waals surface area (Å²) in [5, 5.41) is 6.58. The van der Waals surface area contributed by atoms with E-state index in [1.54, 1.807) is 6.07 Å². The summed E-state index contributed by atoms with van der Waals surface area (Å²) in [6, 6.07) is 1.84. The fourth-order valence-corrected chi connectivity index (χ4v) is 3.80. The van der Waals surface area contributed by atoms with Crippen LogP contribution in [0, 0.1) is 0 Å². The predicted molar refractivity (Wildman–Crippen MR) is 113 cm³/mol. The van der Waals surface area contributed by atoms with Crippen LogP contribution in [0.2, 0.25) is 5.15 Å². The third kappa shape index (κ3) is 6.70. The minimum absolute atomic E-state index is 0.0258. The molecular formula is C18H29ClN6O2S. The number of carbonyl (C=O) groups excluding carboxylic acids is 2. The van der Waals surface area contributed by atoms with Crippen LogP contribution in [0.25, 0.3) is 0 Å². The Morgan fingerprint density at radius 3 is 2.75 bits per heavy atom. The third-order valence-corrected chi connectivity index (χ3v) is 5.22. The Labute approximate surface area is 175 Å². The predicted octanol–water partition coefficient (Wildman–Crippen LogP) is 2.38. The molecule has 1 aliphatic heterocycles. The van der Waals surface area contributed by atoms with Gasteiger partial charge in [-0.3, -0.25) is 4.79 Å². The molecule has 156 valence electrons. The first-order valence-corrected chi connectivity index (χ1v) is 10.9. The van der Waals surface area contributed by atoms with Crippen LogP contribution in [0.1, 0.15) is 34.1 Å². The standard InChI is InChI=1S/C18H29ClN6O2S/c1-5-6-20-18(27)25-8-7-24(10-13(25)4)15-9-14(19)22-17(23-15)28-11-16(26)21-12(2)3/h9,12-13H,5-8,10-11H2,1-4H3,(H,20,27)(H,21,26). The van der Waals surface area contributed by atoms with Crippen LogP contribution in [0.15, 0.2) is 11.2 Å². The molecule has 28 heavy (non-hydrogen) atoms. The molecule has 2 heterocycles. The number of nitrogens with one attached hydrogen (secondary N) is 2. The lowest BCUT2D eigenvalue weighted by molar-refractivity contribution is -0.119. The molecule has 10 heteroatoms. The molecule has 2 N–H and O–H groups in total. The minimum atomic E-state index is -0.0644. The van der Waals surface area contributed by atoms with Gasteiger partial charge in [0, 0.05) is 44.3 Å². The molecule has 1 saturated heterocycles.